The van der Waals surface area contributed by atoms with Crippen LogP contribution >= 0.6 is 11.6 Å². The smallest absolute Gasteiger partial charge is 0.347 e. The van der Waals surface area contributed by atoms with Gasteiger partial charge < -0.3 is 9.47 Å². The Morgan fingerprint density at radius 2 is 1.81 bits per heavy atom. The van der Waals surface area contributed by atoms with E-state index in [-0.39, 0.29) is 0 Å². The van der Waals surface area contributed by atoms with E-state index in [1.54, 1.807) is 13.1 Å². The van der Waals surface area contributed by atoms with Crippen molar-refractivity contribution in [3.8, 4) is 16.9 Å². The highest BCUT2D eigenvalue weighted by Gasteiger charge is 2.23. The SMILES string of the molecule is CC(Oc1ccc2c(-c3ccccc3Cl)ccnc2c1)C(=O)OC(C)(C)C. The van der Waals surface area contributed by atoms with Gasteiger partial charge in [-0.1, -0.05) is 29.8 Å². The molecular weight excluding hydrogens is 362 g/mol. The van der Waals surface area contributed by atoms with Crippen molar-refractivity contribution in [1.29, 1.82) is 0 Å². The van der Waals surface area contributed by atoms with Crippen LogP contribution < -0.4 is 4.74 Å². The summed E-state index contributed by atoms with van der Waals surface area (Å²) in [5.74, 6) is 0.157. The third-order valence-corrected chi connectivity index (χ3v) is 4.26. The summed E-state index contributed by atoms with van der Waals surface area (Å²) in [5.41, 5.74) is 2.16. The molecule has 3 aromatic rings. The van der Waals surface area contributed by atoms with E-state index in [4.69, 9.17) is 21.1 Å². The largest absolute Gasteiger partial charge is 0.479 e. The Kier molecular flexibility index (Phi) is 5.38. The number of rotatable bonds is 4. The van der Waals surface area contributed by atoms with Crippen molar-refractivity contribution < 1.29 is 14.3 Å². The van der Waals surface area contributed by atoms with Crippen LogP contribution in [0.15, 0.2) is 54.7 Å². The molecule has 0 aliphatic rings. The zero-order valence-electron chi connectivity index (χ0n) is 15.8. The summed E-state index contributed by atoms with van der Waals surface area (Å²) in [6.07, 6.45) is 1.02. The van der Waals surface area contributed by atoms with E-state index in [0.717, 1.165) is 22.0 Å². The predicted molar refractivity (Wildman–Crippen MR) is 108 cm³/mol. The lowest BCUT2D eigenvalue weighted by Gasteiger charge is -2.22. The second-order valence-electron chi connectivity index (χ2n) is 7.31. The number of fused-ring (bicyclic) bond motifs is 1. The van der Waals surface area contributed by atoms with Crippen molar-refractivity contribution >= 4 is 28.5 Å². The van der Waals surface area contributed by atoms with Crippen molar-refractivity contribution in [2.24, 2.45) is 0 Å². The fourth-order valence-corrected chi connectivity index (χ4v) is 2.99. The molecule has 140 valence electrons. The van der Waals surface area contributed by atoms with Crippen molar-refractivity contribution in [3.63, 3.8) is 0 Å². The standard InChI is InChI=1S/C22H22ClNO3/c1-14(21(25)27-22(2,3)4)26-15-9-10-18-16(11-12-24-20(18)13-15)17-7-5-6-8-19(17)23/h5-14H,1-4H3. The van der Waals surface area contributed by atoms with E-state index in [1.807, 2.05) is 69.3 Å². The van der Waals surface area contributed by atoms with Crippen LogP contribution in [0.1, 0.15) is 27.7 Å². The number of hydrogen-bond acceptors (Lipinski definition) is 4. The van der Waals surface area contributed by atoms with Crippen molar-refractivity contribution in [1.82, 2.24) is 4.98 Å². The van der Waals surface area contributed by atoms with Crippen LogP contribution in [0.3, 0.4) is 0 Å². The first-order valence-corrected chi connectivity index (χ1v) is 9.15. The average molecular weight is 384 g/mol. The highest BCUT2D eigenvalue weighted by Crippen LogP contribution is 2.33. The number of pyridine rings is 1. The van der Waals surface area contributed by atoms with E-state index in [1.165, 1.54) is 0 Å². The van der Waals surface area contributed by atoms with Crippen LogP contribution in [-0.4, -0.2) is 22.7 Å². The predicted octanol–water partition coefficient (Wildman–Crippen LogP) is 5.66. The summed E-state index contributed by atoms with van der Waals surface area (Å²) in [7, 11) is 0. The maximum absolute atomic E-state index is 12.1. The Labute approximate surface area is 164 Å². The fraction of sp³-hybridized carbons (Fsp3) is 0.273. The zero-order valence-corrected chi connectivity index (χ0v) is 16.6. The van der Waals surface area contributed by atoms with Gasteiger partial charge in [0.25, 0.3) is 0 Å². The van der Waals surface area contributed by atoms with Crippen molar-refractivity contribution in [2.45, 2.75) is 39.4 Å². The van der Waals surface area contributed by atoms with Gasteiger partial charge in [0.2, 0.25) is 0 Å². The van der Waals surface area contributed by atoms with Crippen LogP contribution in [0, 0.1) is 0 Å². The molecule has 0 aliphatic heterocycles. The first-order valence-electron chi connectivity index (χ1n) is 8.78. The molecule has 0 fully saturated rings. The molecule has 0 N–H and O–H groups in total. The molecule has 0 aliphatic carbocycles. The number of hydrogen-bond donors (Lipinski definition) is 0. The summed E-state index contributed by atoms with van der Waals surface area (Å²) in [5, 5.41) is 1.65. The zero-order chi connectivity index (χ0) is 19.6. The summed E-state index contributed by atoms with van der Waals surface area (Å²) in [6.45, 7) is 7.15. The van der Waals surface area contributed by atoms with Gasteiger partial charge >= 0.3 is 5.97 Å². The summed E-state index contributed by atoms with van der Waals surface area (Å²) >= 11 is 6.35. The Morgan fingerprint density at radius 1 is 1.07 bits per heavy atom. The molecule has 0 radical (unpaired) electrons. The van der Waals surface area contributed by atoms with E-state index in [0.29, 0.717) is 10.8 Å². The van der Waals surface area contributed by atoms with Gasteiger partial charge in [0.05, 0.1) is 5.52 Å². The molecule has 5 heteroatoms. The molecule has 1 unspecified atom stereocenters. The fourth-order valence-electron chi connectivity index (χ4n) is 2.75. The molecule has 1 heterocycles. The first kappa shape index (κ1) is 19.2. The number of carbonyl (C=O) groups is 1. The number of carbonyl (C=O) groups excluding carboxylic acids is 1. The minimum absolute atomic E-state index is 0.402. The summed E-state index contributed by atoms with van der Waals surface area (Å²) < 4.78 is 11.1. The topological polar surface area (TPSA) is 48.4 Å². The number of esters is 1. The molecule has 0 saturated heterocycles. The number of nitrogens with zero attached hydrogens (tertiary/aromatic N) is 1. The highest BCUT2D eigenvalue weighted by atomic mass is 35.5. The van der Waals surface area contributed by atoms with Gasteiger partial charge in [-0.2, -0.15) is 0 Å². The minimum Gasteiger partial charge on any atom is -0.479 e. The molecule has 1 atom stereocenters. The van der Waals surface area contributed by atoms with E-state index < -0.39 is 17.7 Å². The molecule has 3 rings (SSSR count). The Bertz CT molecular complexity index is 979. The monoisotopic (exact) mass is 383 g/mol. The van der Waals surface area contributed by atoms with Crippen LogP contribution in [0.4, 0.5) is 0 Å². The van der Waals surface area contributed by atoms with Crippen LogP contribution in [0.5, 0.6) is 5.75 Å². The number of aromatic nitrogens is 1. The van der Waals surface area contributed by atoms with Gasteiger partial charge in [-0.3, -0.25) is 4.98 Å². The Hall–Kier alpha value is -2.59. The molecule has 4 nitrogen and oxygen atoms in total. The lowest BCUT2D eigenvalue weighted by atomic mass is 10.0. The first-order chi connectivity index (χ1) is 12.7. The second kappa shape index (κ2) is 7.57. The number of ether oxygens (including phenoxy) is 2. The molecule has 2 aromatic carbocycles. The molecule has 0 amide bonds. The lowest BCUT2D eigenvalue weighted by Crippen LogP contribution is -2.33. The molecule has 27 heavy (non-hydrogen) atoms. The summed E-state index contributed by atoms with van der Waals surface area (Å²) in [6, 6.07) is 15.2. The molecule has 0 spiro atoms. The normalized spacial score (nSPS) is 12.6. The quantitative estimate of drug-likeness (QED) is 0.545. The Balaban J connectivity index is 1.89. The number of halogens is 1. The molecule has 1 aromatic heterocycles. The van der Waals surface area contributed by atoms with Gasteiger partial charge in [-0.25, -0.2) is 4.79 Å². The van der Waals surface area contributed by atoms with Gasteiger partial charge in [-0.15, -0.1) is 0 Å². The van der Waals surface area contributed by atoms with E-state index in [2.05, 4.69) is 4.98 Å². The molecular formula is C22H22ClNO3. The maximum Gasteiger partial charge on any atom is 0.347 e. The van der Waals surface area contributed by atoms with Gasteiger partial charge in [-0.05, 0) is 57.5 Å². The molecule has 0 saturated carbocycles. The van der Waals surface area contributed by atoms with Crippen LogP contribution in [-0.2, 0) is 9.53 Å². The third kappa shape index (κ3) is 4.58. The van der Waals surface area contributed by atoms with Crippen LogP contribution in [0.2, 0.25) is 5.02 Å². The highest BCUT2D eigenvalue weighted by molar-refractivity contribution is 6.33. The van der Waals surface area contributed by atoms with Gasteiger partial charge in [0.1, 0.15) is 11.4 Å². The van der Waals surface area contributed by atoms with Gasteiger partial charge in [0.15, 0.2) is 6.10 Å². The van der Waals surface area contributed by atoms with Crippen molar-refractivity contribution in [3.05, 3.63) is 59.8 Å². The second-order valence-corrected chi connectivity index (χ2v) is 7.72. The summed E-state index contributed by atoms with van der Waals surface area (Å²) in [4.78, 5) is 16.6. The van der Waals surface area contributed by atoms with E-state index in [9.17, 15) is 4.79 Å². The molecule has 0 bridgehead atoms. The minimum atomic E-state index is -0.714. The third-order valence-electron chi connectivity index (χ3n) is 3.93. The average Bonchev–Trinajstić information content (AvgIpc) is 2.60. The maximum atomic E-state index is 12.1. The van der Waals surface area contributed by atoms with Crippen LogP contribution in [0.25, 0.3) is 22.0 Å². The van der Waals surface area contributed by atoms with E-state index >= 15 is 0 Å². The van der Waals surface area contributed by atoms with Crippen molar-refractivity contribution in [2.75, 3.05) is 0 Å². The van der Waals surface area contributed by atoms with Gasteiger partial charge in [0, 0.05) is 28.2 Å². The number of benzene rings is 2. The Morgan fingerprint density at radius 3 is 2.52 bits per heavy atom. The lowest BCUT2D eigenvalue weighted by molar-refractivity contribution is -0.162.